The van der Waals surface area contributed by atoms with Crippen molar-refractivity contribution in [3.05, 3.63) is 65.7 Å². The number of carbonyl (C=O) groups excluding carboxylic acids is 1. The molecular formula is C21H28N2O3. The highest BCUT2D eigenvalue weighted by molar-refractivity contribution is 5.86. The number of amides is 1. The highest BCUT2D eigenvalue weighted by Gasteiger charge is 2.33. The van der Waals surface area contributed by atoms with E-state index >= 15 is 0 Å². The molecule has 0 spiro atoms. The Morgan fingerprint density at radius 1 is 1.08 bits per heavy atom. The van der Waals surface area contributed by atoms with Gasteiger partial charge in [-0.2, -0.15) is 0 Å². The Labute approximate surface area is 155 Å². The fourth-order valence-electron chi connectivity index (χ4n) is 2.85. The minimum Gasteiger partial charge on any atom is -0.489 e. The first-order valence-corrected chi connectivity index (χ1v) is 8.89. The largest absolute Gasteiger partial charge is 0.489 e. The predicted molar refractivity (Wildman–Crippen MR) is 103 cm³/mol. The minimum atomic E-state index is -0.945. The van der Waals surface area contributed by atoms with E-state index in [1.54, 1.807) is 0 Å². The van der Waals surface area contributed by atoms with Gasteiger partial charge in [-0.25, -0.2) is 0 Å². The molecule has 2 aromatic carbocycles. The van der Waals surface area contributed by atoms with Gasteiger partial charge in [0.2, 0.25) is 5.91 Å². The van der Waals surface area contributed by atoms with Gasteiger partial charge in [0.05, 0.1) is 5.54 Å². The molecule has 0 bridgehead atoms. The van der Waals surface area contributed by atoms with Gasteiger partial charge in [-0.1, -0.05) is 55.8 Å². The maximum absolute atomic E-state index is 12.4. The van der Waals surface area contributed by atoms with Crippen molar-refractivity contribution >= 4 is 5.91 Å². The van der Waals surface area contributed by atoms with Crippen LogP contribution in [0.4, 0.5) is 0 Å². The van der Waals surface area contributed by atoms with Crippen LogP contribution in [0.15, 0.2) is 54.6 Å². The van der Waals surface area contributed by atoms with Crippen LogP contribution >= 0.6 is 0 Å². The van der Waals surface area contributed by atoms with Gasteiger partial charge < -0.3 is 20.5 Å². The summed E-state index contributed by atoms with van der Waals surface area (Å²) in [7, 11) is 1.53. The molecule has 0 aliphatic heterocycles. The number of methoxy groups -OCH3 is 1. The van der Waals surface area contributed by atoms with Crippen LogP contribution in [0.25, 0.3) is 0 Å². The molecule has 3 N–H and O–H groups in total. The van der Waals surface area contributed by atoms with E-state index in [-0.39, 0.29) is 12.6 Å². The summed E-state index contributed by atoms with van der Waals surface area (Å²) in [5.41, 5.74) is 7.58. The van der Waals surface area contributed by atoms with E-state index in [1.165, 1.54) is 7.11 Å². The predicted octanol–water partition coefficient (Wildman–Crippen LogP) is 3.03. The average molecular weight is 356 g/mol. The number of nitrogens with one attached hydrogen (secondary N) is 1. The van der Waals surface area contributed by atoms with Gasteiger partial charge in [0.15, 0.2) is 0 Å². The lowest BCUT2D eigenvalue weighted by atomic mass is 9.86. The third kappa shape index (κ3) is 5.86. The van der Waals surface area contributed by atoms with Gasteiger partial charge in [0, 0.05) is 7.11 Å². The van der Waals surface area contributed by atoms with Gasteiger partial charge in [0.25, 0.3) is 0 Å². The van der Waals surface area contributed by atoms with Crippen LogP contribution in [0.1, 0.15) is 30.9 Å². The molecule has 0 unspecified atom stereocenters. The van der Waals surface area contributed by atoms with E-state index in [4.69, 9.17) is 15.2 Å². The van der Waals surface area contributed by atoms with Crippen LogP contribution in [0, 0.1) is 0 Å². The molecule has 0 heterocycles. The van der Waals surface area contributed by atoms with E-state index < -0.39 is 5.54 Å². The molecule has 0 saturated carbocycles. The van der Waals surface area contributed by atoms with Crippen molar-refractivity contribution in [3.63, 3.8) is 0 Å². The second-order valence-electron chi connectivity index (χ2n) is 6.44. The van der Waals surface area contributed by atoms with Crippen molar-refractivity contribution in [2.45, 2.75) is 38.3 Å². The van der Waals surface area contributed by atoms with Crippen molar-refractivity contribution < 1.29 is 14.3 Å². The number of ether oxygens (including phenoxy) is 2. The maximum atomic E-state index is 12.4. The normalized spacial score (nSPS) is 13.0. The first-order chi connectivity index (χ1) is 12.6. The Balaban J connectivity index is 1.98. The summed E-state index contributed by atoms with van der Waals surface area (Å²) < 4.78 is 10.7. The molecular weight excluding hydrogens is 328 g/mol. The highest BCUT2D eigenvalue weighted by Crippen LogP contribution is 2.20. The molecule has 26 heavy (non-hydrogen) atoms. The zero-order valence-electron chi connectivity index (χ0n) is 15.5. The molecule has 2 rings (SSSR count). The van der Waals surface area contributed by atoms with Crippen molar-refractivity contribution in [3.8, 4) is 5.75 Å². The zero-order chi connectivity index (χ0) is 18.8. The summed E-state index contributed by atoms with van der Waals surface area (Å²) in [6.45, 7) is 2.70. The second kappa shape index (κ2) is 9.94. The number of hydrogen-bond donors (Lipinski definition) is 2. The molecule has 5 heteroatoms. The number of benzene rings is 2. The molecule has 1 amide bonds. The van der Waals surface area contributed by atoms with Gasteiger partial charge in [0.1, 0.15) is 19.1 Å². The molecule has 0 saturated heterocycles. The van der Waals surface area contributed by atoms with Crippen LogP contribution in [-0.4, -0.2) is 25.3 Å². The first kappa shape index (κ1) is 19.9. The lowest BCUT2D eigenvalue weighted by Gasteiger charge is -2.28. The van der Waals surface area contributed by atoms with Crippen LogP contribution in [0.2, 0.25) is 0 Å². The van der Waals surface area contributed by atoms with Crippen molar-refractivity contribution in [1.29, 1.82) is 0 Å². The monoisotopic (exact) mass is 356 g/mol. The topological polar surface area (TPSA) is 73.6 Å². The first-order valence-electron chi connectivity index (χ1n) is 8.89. The smallest absolute Gasteiger partial charge is 0.242 e. The Bertz CT molecular complexity index is 673. The molecule has 0 aliphatic rings. The Hall–Kier alpha value is -2.37. The molecule has 5 nitrogen and oxygen atoms in total. The molecule has 1 atom stereocenters. The molecule has 140 valence electrons. The summed E-state index contributed by atoms with van der Waals surface area (Å²) in [5.74, 6) is 0.602. The SMILES string of the molecule is CCC[C@](N)(Cc1ccc(OCc2ccccc2)cc1)C(=O)NCOC. The number of rotatable bonds is 10. The number of nitrogens with two attached hydrogens (primary N) is 1. The van der Waals surface area contributed by atoms with Crippen molar-refractivity contribution in [1.82, 2.24) is 5.32 Å². The highest BCUT2D eigenvalue weighted by atomic mass is 16.5. The maximum Gasteiger partial charge on any atom is 0.242 e. The number of carbonyl (C=O) groups is 1. The summed E-state index contributed by atoms with van der Waals surface area (Å²) in [6, 6.07) is 17.8. The summed E-state index contributed by atoms with van der Waals surface area (Å²) in [4.78, 5) is 12.4. The summed E-state index contributed by atoms with van der Waals surface area (Å²) >= 11 is 0. The van der Waals surface area contributed by atoms with Crippen LogP contribution in [0.5, 0.6) is 5.75 Å². The molecule has 0 fully saturated rings. The zero-order valence-corrected chi connectivity index (χ0v) is 15.5. The molecule has 2 aromatic rings. The summed E-state index contributed by atoms with van der Waals surface area (Å²) in [6.07, 6.45) is 1.90. The second-order valence-corrected chi connectivity index (χ2v) is 6.44. The molecule has 0 radical (unpaired) electrons. The Morgan fingerprint density at radius 2 is 1.77 bits per heavy atom. The fraction of sp³-hybridized carbons (Fsp3) is 0.381. The van der Waals surface area contributed by atoms with Crippen LogP contribution in [0.3, 0.4) is 0 Å². The van der Waals surface area contributed by atoms with E-state index in [1.807, 2.05) is 61.5 Å². The van der Waals surface area contributed by atoms with Gasteiger partial charge in [-0.05, 0) is 36.1 Å². The molecule has 0 aromatic heterocycles. The van der Waals surface area contributed by atoms with Gasteiger partial charge in [-0.15, -0.1) is 0 Å². The quantitative estimate of drug-likeness (QED) is 0.642. The van der Waals surface area contributed by atoms with Crippen molar-refractivity contribution in [2.75, 3.05) is 13.8 Å². The lowest BCUT2D eigenvalue weighted by Crippen LogP contribution is -2.55. The van der Waals surface area contributed by atoms with Crippen LogP contribution < -0.4 is 15.8 Å². The third-order valence-corrected chi connectivity index (χ3v) is 4.22. The minimum absolute atomic E-state index is 0.160. The van der Waals surface area contributed by atoms with E-state index in [0.29, 0.717) is 19.4 Å². The van der Waals surface area contributed by atoms with Gasteiger partial charge >= 0.3 is 0 Å². The third-order valence-electron chi connectivity index (χ3n) is 4.22. The van der Waals surface area contributed by atoms with E-state index in [2.05, 4.69) is 5.32 Å². The standard InChI is InChI=1S/C21H28N2O3/c1-3-13-21(22,20(24)23-16-25-2)14-17-9-11-19(12-10-17)26-15-18-7-5-4-6-8-18/h4-12H,3,13-16,22H2,1-2H3,(H,23,24)/t21-/m0/s1. The summed E-state index contributed by atoms with van der Waals surface area (Å²) in [5, 5.41) is 2.72. The Kier molecular flexibility index (Phi) is 7.63. The molecule has 0 aliphatic carbocycles. The van der Waals surface area contributed by atoms with E-state index in [9.17, 15) is 4.79 Å². The number of hydrogen-bond acceptors (Lipinski definition) is 4. The van der Waals surface area contributed by atoms with Crippen molar-refractivity contribution in [2.24, 2.45) is 5.73 Å². The Morgan fingerprint density at radius 3 is 2.38 bits per heavy atom. The average Bonchev–Trinajstić information content (AvgIpc) is 2.66. The van der Waals surface area contributed by atoms with Gasteiger partial charge in [-0.3, -0.25) is 4.79 Å². The fourth-order valence-corrected chi connectivity index (χ4v) is 2.85. The lowest BCUT2D eigenvalue weighted by molar-refractivity contribution is -0.128. The van der Waals surface area contributed by atoms with E-state index in [0.717, 1.165) is 23.3 Å². The van der Waals surface area contributed by atoms with Crippen LogP contribution in [-0.2, 0) is 22.6 Å².